The summed E-state index contributed by atoms with van der Waals surface area (Å²) in [6.07, 6.45) is 1.59. The Hall–Kier alpha value is -2.26. The lowest BCUT2D eigenvalue weighted by molar-refractivity contribution is -0.130. The first kappa shape index (κ1) is 15.1. The maximum absolute atomic E-state index is 11.5. The molecule has 0 saturated heterocycles. The summed E-state index contributed by atoms with van der Waals surface area (Å²) in [6.45, 7) is 1.87. The van der Waals surface area contributed by atoms with E-state index in [4.69, 9.17) is 16.3 Å². The van der Waals surface area contributed by atoms with Crippen LogP contribution in [0.3, 0.4) is 0 Å². The van der Waals surface area contributed by atoms with Gasteiger partial charge in [0.2, 0.25) is 0 Å². The van der Waals surface area contributed by atoms with Crippen molar-refractivity contribution in [3.05, 3.63) is 64.2 Å². The second kappa shape index (κ2) is 6.46. The molecule has 0 aromatic heterocycles. The van der Waals surface area contributed by atoms with E-state index in [2.05, 4.69) is 0 Å². The van der Waals surface area contributed by atoms with Gasteiger partial charge >= 0.3 is 5.97 Å². The Labute approximate surface area is 128 Å². The molecule has 0 spiro atoms. The summed E-state index contributed by atoms with van der Waals surface area (Å²) in [6, 6.07) is 12.5. The summed E-state index contributed by atoms with van der Waals surface area (Å²) in [4.78, 5) is 11.5. The van der Waals surface area contributed by atoms with E-state index in [1.165, 1.54) is 0 Å². The molecule has 3 nitrogen and oxygen atoms in total. The number of hydrogen-bond acceptors (Lipinski definition) is 2. The van der Waals surface area contributed by atoms with Crippen molar-refractivity contribution < 1.29 is 14.6 Å². The number of para-hydroxylation sites is 1. The van der Waals surface area contributed by atoms with Crippen molar-refractivity contribution in [3.63, 3.8) is 0 Å². The van der Waals surface area contributed by atoms with Crippen LogP contribution in [-0.4, -0.2) is 18.2 Å². The van der Waals surface area contributed by atoms with Crippen molar-refractivity contribution in [2.24, 2.45) is 0 Å². The summed E-state index contributed by atoms with van der Waals surface area (Å²) in [5.74, 6) is -0.393. The minimum Gasteiger partial charge on any atom is -0.496 e. The highest BCUT2D eigenvalue weighted by Crippen LogP contribution is 2.27. The molecule has 0 atom stereocenters. The van der Waals surface area contributed by atoms with Crippen molar-refractivity contribution in [1.29, 1.82) is 0 Å². The maximum atomic E-state index is 11.5. The fourth-order valence-electron chi connectivity index (χ4n) is 1.97. The molecule has 0 aliphatic carbocycles. The lowest BCUT2D eigenvalue weighted by atomic mass is 10.0. The van der Waals surface area contributed by atoms with Crippen LogP contribution < -0.4 is 4.74 Å². The van der Waals surface area contributed by atoms with Crippen LogP contribution in [0, 0.1) is 6.92 Å². The first-order chi connectivity index (χ1) is 10.0. The van der Waals surface area contributed by atoms with Gasteiger partial charge in [-0.1, -0.05) is 41.9 Å². The Kier molecular flexibility index (Phi) is 4.66. The largest absolute Gasteiger partial charge is 0.496 e. The van der Waals surface area contributed by atoms with E-state index >= 15 is 0 Å². The number of rotatable bonds is 4. The van der Waals surface area contributed by atoms with E-state index in [1.807, 2.05) is 19.1 Å². The lowest BCUT2D eigenvalue weighted by Gasteiger charge is -2.08. The average Bonchev–Trinajstić information content (AvgIpc) is 2.48. The molecule has 0 saturated carbocycles. The first-order valence-corrected chi connectivity index (χ1v) is 6.75. The van der Waals surface area contributed by atoms with Crippen molar-refractivity contribution >= 4 is 29.2 Å². The van der Waals surface area contributed by atoms with Crippen molar-refractivity contribution in [3.8, 4) is 5.75 Å². The van der Waals surface area contributed by atoms with Crippen molar-refractivity contribution in [1.82, 2.24) is 0 Å². The lowest BCUT2D eigenvalue weighted by Crippen LogP contribution is -2.00. The van der Waals surface area contributed by atoms with E-state index in [9.17, 15) is 9.90 Å². The van der Waals surface area contributed by atoms with E-state index < -0.39 is 5.97 Å². The van der Waals surface area contributed by atoms with Gasteiger partial charge in [0, 0.05) is 10.6 Å². The number of methoxy groups -OCH3 is 1. The standard InChI is InChI=1S/C17H15ClO3/c1-11-7-8-12(10-15(11)18)14(17(19)20)9-13-5-3-4-6-16(13)21-2/h3-10H,1-2H3,(H,19,20)/b14-9-. The Bertz CT molecular complexity index is 705. The number of ether oxygens (including phenoxy) is 1. The van der Waals surface area contributed by atoms with Crippen LogP contribution >= 0.6 is 11.6 Å². The quantitative estimate of drug-likeness (QED) is 0.677. The molecular weight excluding hydrogens is 288 g/mol. The van der Waals surface area contributed by atoms with Crippen LogP contribution in [0.15, 0.2) is 42.5 Å². The van der Waals surface area contributed by atoms with Crippen LogP contribution in [0.4, 0.5) is 0 Å². The third kappa shape index (κ3) is 3.44. The number of aryl methyl sites for hydroxylation is 1. The molecule has 0 fully saturated rings. The predicted molar refractivity (Wildman–Crippen MR) is 84.7 cm³/mol. The van der Waals surface area contributed by atoms with Gasteiger partial charge in [0.25, 0.3) is 0 Å². The Morgan fingerprint density at radius 3 is 2.57 bits per heavy atom. The Morgan fingerprint density at radius 2 is 1.95 bits per heavy atom. The van der Waals surface area contributed by atoms with Gasteiger partial charge in [-0.3, -0.25) is 0 Å². The second-order valence-electron chi connectivity index (χ2n) is 4.57. The molecule has 0 aliphatic rings. The molecule has 0 radical (unpaired) electrons. The van der Waals surface area contributed by atoms with Crippen LogP contribution in [0.1, 0.15) is 16.7 Å². The van der Waals surface area contributed by atoms with Crippen LogP contribution in [0.25, 0.3) is 11.6 Å². The molecule has 4 heteroatoms. The van der Waals surface area contributed by atoms with E-state index in [0.29, 0.717) is 21.9 Å². The number of benzene rings is 2. The molecule has 0 amide bonds. The molecular formula is C17H15ClO3. The SMILES string of the molecule is COc1ccccc1/C=C(\C(=O)O)c1ccc(C)c(Cl)c1. The Morgan fingerprint density at radius 1 is 1.24 bits per heavy atom. The van der Waals surface area contributed by atoms with Crippen LogP contribution in [0.5, 0.6) is 5.75 Å². The molecule has 2 rings (SSSR count). The normalized spacial score (nSPS) is 11.3. The minimum absolute atomic E-state index is 0.168. The van der Waals surface area contributed by atoms with E-state index in [1.54, 1.807) is 43.5 Å². The summed E-state index contributed by atoms with van der Waals surface area (Å²) in [5, 5.41) is 10.0. The van der Waals surface area contributed by atoms with Crippen molar-refractivity contribution in [2.45, 2.75) is 6.92 Å². The number of aliphatic carboxylic acids is 1. The van der Waals surface area contributed by atoms with Gasteiger partial charge < -0.3 is 9.84 Å². The molecule has 2 aromatic carbocycles. The monoisotopic (exact) mass is 302 g/mol. The van der Waals surface area contributed by atoms with Gasteiger partial charge in [-0.05, 0) is 36.3 Å². The van der Waals surface area contributed by atoms with Crippen molar-refractivity contribution in [2.75, 3.05) is 7.11 Å². The predicted octanol–water partition coefficient (Wildman–Crippen LogP) is 4.28. The summed E-state index contributed by atoms with van der Waals surface area (Å²) in [5.41, 5.74) is 2.34. The molecule has 1 N–H and O–H groups in total. The summed E-state index contributed by atoms with van der Waals surface area (Å²) >= 11 is 6.08. The number of carboxylic acids is 1. The molecule has 108 valence electrons. The fraction of sp³-hybridized carbons (Fsp3) is 0.118. The average molecular weight is 303 g/mol. The van der Waals surface area contributed by atoms with Crippen LogP contribution in [-0.2, 0) is 4.79 Å². The zero-order chi connectivity index (χ0) is 15.4. The highest BCUT2D eigenvalue weighted by Gasteiger charge is 2.13. The fourth-order valence-corrected chi connectivity index (χ4v) is 2.15. The summed E-state index contributed by atoms with van der Waals surface area (Å²) < 4.78 is 5.24. The molecule has 0 bridgehead atoms. The Balaban J connectivity index is 2.55. The number of halogens is 1. The minimum atomic E-state index is -1.01. The maximum Gasteiger partial charge on any atom is 0.336 e. The highest BCUT2D eigenvalue weighted by atomic mass is 35.5. The zero-order valence-electron chi connectivity index (χ0n) is 11.8. The van der Waals surface area contributed by atoms with Crippen LogP contribution in [0.2, 0.25) is 5.02 Å². The zero-order valence-corrected chi connectivity index (χ0v) is 12.5. The molecule has 0 unspecified atom stereocenters. The number of carboxylic acid groups (broad SMARTS) is 1. The molecule has 0 aliphatic heterocycles. The molecule has 0 heterocycles. The topological polar surface area (TPSA) is 46.5 Å². The van der Waals surface area contributed by atoms with Gasteiger partial charge in [-0.2, -0.15) is 0 Å². The smallest absolute Gasteiger partial charge is 0.336 e. The van der Waals surface area contributed by atoms with Gasteiger partial charge in [0.05, 0.1) is 12.7 Å². The van der Waals surface area contributed by atoms with E-state index in [0.717, 1.165) is 5.56 Å². The first-order valence-electron chi connectivity index (χ1n) is 6.37. The third-order valence-electron chi connectivity index (χ3n) is 3.15. The molecule has 21 heavy (non-hydrogen) atoms. The van der Waals surface area contributed by atoms with Gasteiger partial charge in [-0.15, -0.1) is 0 Å². The number of hydrogen-bond donors (Lipinski definition) is 1. The second-order valence-corrected chi connectivity index (χ2v) is 4.98. The van der Waals surface area contributed by atoms with E-state index in [-0.39, 0.29) is 5.57 Å². The third-order valence-corrected chi connectivity index (χ3v) is 3.56. The number of carbonyl (C=O) groups is 1. The van der Waals surface area contributed by atoms with Gasteiger partial charge in [-0.25, -0.2) is 4.79 Å². The van der Waals surface area contributed by atoms with Gasteiger partial charge in [0.1, 0.15) is 5.75 Å². The van der Waals surface area contributed by atoms with Gasteiger partial charge in [0.15, 0.2) is 0 Å². The highest BCUT2D eigenvalue weighted by molar-refractivity contribution is 6.32. The molecule has 2 aromatic rings. The summed E-state index contributed by atoms with van der Waals surface area (Å²) in [7, 11) is 1.55.